The third kappa shape index (κ3) is 5.15. The normalized spacial score (nSPS) is 22.7. The van der Waals surface area contributed by atoms with E-state index in [9.17, 15) is 10.2 Å². The number of quaternary nitrogens is 1. The van der Waals surface area contributed by atoms with Gasteiger partial charge in [0.2, 0.25) is 0 Å². The molecule has 4 atom stereocenters. The Morgan fingerprint density at radius 1 is 1.12 bits per heavy atom. The first-order valence-corrected chi connectivity index (χ1v) is 9.55. The van der Waals surface area contributed by atoms with Crippen molar-refractivity contribution in [3.8, 4) is 0 Å². The Labute approximate surface area is 156 Å². The van der Waals surface area contributed by atoms with Crippen LogP contribution in [0.5, 0.6) is 0 Å². The van der Waals surface area contributed by atoms with E-state index in [4.69, 9.17) is 4.74 Å². The van der Waals surface area contributed by atoms with Crippen LogP contribution in [-0.4, -0.2) is 48.7 Å². The van der Waals surface area contributed by atoms with Crippen molar-refractivity contribution in [3.63, 3.8) is 0 Å². The van der Waals surface area contributed by atoms with Gasteiger partial charge in [-0.25, -0.2) is 0 Å². The molecular formula is C22H30NO3+. The third-order valence-electron chi connectivity index (χ3n) is 5.14. The zero-order chi connectivity index (χ0) is 18.4. The van der Waals surface area contributed by atoms with Crippen LogP contribution >= 0.6 is 0 Å². The van der Waals surface area contributed by atoms with Gasteiger partial charge in [0.1, 0.15) is 31.4 Å². The van der Waals surface area contributed by atoms with Crippen LogP contribution in [0, 0.1) is 6.92 Å². The average Bonchev–Trinajstić information content (AvgIpc) is 2.64. The van der Waals surface area contributed by atoms with Crippen molar-refractivity contribution in [2.24, 2.45) is 0 Å². The van der Waals surface area contributed by atoms with Crippen LogP contribution in [0.25, 0.3) is 0 Å². The summed E-state index contributed by atoms with van der Waals surface area (Å²) < 4.78 is 6.20. The summed E-state index contributed by atoms with van der Waals surface area (Å²) in [5.41, 5.74) is 3.40. The first kappa shape index (κ1) is 19.1. The molecule has 1 aliphatic heterocycles. The number of benzene rings is 2. The van der Waals surface area contributed by atoms with Gasteiger partial charge in [-0.3, -0.25) is 0 Å². The molecule has 0 aliphatic carbocycles. The van der Waals surface area contributed by atoms with Crippen LogP contribution in [0.4, 0.5) is 0 Å². The number of ether oxygens (including phenoxy) is 1. The first-order chi connectivity index (χ1) is 12.6. The molecule has 0 radical (unpaired) electrons. The van der Waals surface area contributed by atoms with Crippen LogP contribution in [0.1, 0.15) is 35.6 Å². The zero-order valence-electron chi connectivity index (χ0n) is 15.5. The molecule has 0 spiro atoms. The first-order valence-electron chi connectivity index (χ1n) is 9.55. The van der Waals surface area contributed by atoms with Crippen molar-refractivity contribution < 1.29 is 19.8 Å². The number of aryl methyl sites for hydroxylation is 1. The number of likely N-dealkylation sites (tertiary alicyclic amines) is 1. The van der Waals surface area contributed by atoms with Crippen molar-refractivity contribution in [2.75, 3.05) is 26.2 Å². The Morgan fingerprint density at radius 2 is 1.85 bits per heavy atom. The molecule has 3 rings (SSSR count). The molecule has 4 heteroatoms. The highest BCUT2D eigenvalue weighted by molar-refractivity contribution is 5.35. The SMILES string of the molecule is Cc1ccccc1[C@H](OC[C@H](O)C[NH+]1CCC[C@H](O)C1)c1ccccc1. The number of piperidine rings is 1. The van der Waals surface area contributed by atoms with Gasteiger partial charge in [-0.15, -0.1) is 0 Å². The lowest BCUT2D eigenvalue weighted by Crippen LogP contribution is -3.15. The summed E-state index contributed by atoms with van der Waals surface area (Å²) in [7, 11) is 0. The Bertz CT molecular complexity index is 676. The summed E-state index contributed by atoms with van der Waals surface area (Å²) in [4.78, 5) is 1.26. The maximum atomic E-state index is 10.5. The molecule has 4 nitrogen and oxygen atoms in total. The molecule has 2 aromatic carbocycles. The van der Waals surface area contributed by atoms with Crippen molar-refractivity contribution in [1.82, 2.24) is 0 Å². The lowest BCUT2D eigenvalue weighted by atomic mass is 9.97. The lowest BCUT2D eigenvalue weighted by molar-refractivity contribution is -0.911. The lowest BCUT2D eigenvalue weighted by Gasteiger charge is -2.29. The monoisotopic (exact) mass is 356 g/mol. The van der Waals surface area contributed by atoms with Gasteiger partial charge in [0, 0.05) is 0 Å². The van der Waals surface area contributed by atoms with E-state index < -0.39 is 6.10 Å². The Hall–Kier alpha value is -1.72. The molecule has 2 aromatic rings. The van der Waals surface area contributed by atoms with Crippen LogP contribution in [-0.2, 0) is 4.74 Å². The largest absolute Gasteiger partial charge is 0.387 e. The fourth-order valence-corrected chi connectivity index (χ4v) is 3.78. The maximum Gasteiger partial charge on any atom is 0.126 e. The highest BCUT2D eigenvalue weighted by Gasteiger charge is 2.25. The van der Waals surface area contributed by atoms with Crippen LogP contribution in [0.3, 0.4) is 0 Å². The van der Waals surface area contributed by atoms with E-state index in [0.717, 1.165) is 37.1 Å². The van der Waals surface area contributed by atoms with Crippen LogP contribution in [0.15, 0.2) is 54.6 Å². The molecule has 140 valence electrons. The van der Waals surface area contributed by atoms with Crippen molar-refractivity contribution in [2.45, 2.75) is 38.1 Å². The number of hydrogen-bond acceptors (Lipinski definition) is 3. The second kappa shape index (κ2) is 9.28. The number of aliphatic hydroxyl groups excluding tert-OH is 2. The quantitative estimate of drug-likeness (QED) is 0.705. The second-order valence-corrected chi connectivity index (χ2v) is 7.34. The molecule has 26 heavy (non-hydrogen) atoms. The van der Waals surface area contributed by atoms with Crippen molar-refractivity contribution in [3.05, 3.63) is 71.3 Å². The molecule has 1 aliphatic rings. The highest BCUT2D eigenvalue weighted by atomic mass is 16.5. The number of aliphatic hydroxyl groups is 2. The van der Waals surface area contributed by atoms with Gasteiger partial charge in [0.05, 0.1) is 13.2 Å². The second-order valence-electron chi connectivity index (χ2n) is 7.34. The van der Waals surface area contributed by atoms with Gasteiger partial charge in [0.25, 0.3) is 0 Å². The molecule has 1 fully saturated rings. The van der Waals surface area contributed by atoms with Gasteiger partial charge in [-0.2, -0.15) is 0 Å². The predicted molar refractivity (Wildman–Crippen MR) is 102 cm³/mol. The van der Waals surface area contributed by atoms with E-state index in [1.54, 1.807) is 0 Å². The molecular weight excluding hydrogens is 326 g/mol. The van der Waals surface area contributed by atoms with Gasteiger partial charge < -0.3 is 19.8 Å². The molecule has 1 saturated heterocycles. The minimum atomic E-state index is -0.537. The summed E-state index contributed by atoms with van der Waals surface area (Å²) in [6, 6.07) is 18.4. The summed E-state index contributed by atoms with van der Waals surface area (Å²) in [5, 5.41) is 20.3. The van der Waals surface area contributed by atoms with E-state index in [-0.39, 0.29) is 18.8 Å². The van der Waals surface area contributed by atoms with E-state index in [2.05, 4.69) is 31.2 Å². The fraction of sp³-hybridized carbons (Fsp3) is 0.455. The number of rotatable bonds is 7. The van der Waals surface area contributed by atoms with Gasteiger partial charge >= 0.3 is 0 Å². The Morgan fingerprint density at radius 3 is 2.58 bits per heavy atom. The number of nitrogens with one attached hydrogen (secondary N) is 1. The van der Waals surface area contributed by atoms with Gasteiger partial charge in [0.15, 0.2) is 0 Å². The molecule has 0 saturated carbocycles. The van der Waals surface area contributed by atoms with E-state index in [1.165, 1.54) is 10.5 Å². The molecule has 3 N–H and O–H groups in total. The van der Waals surface area contributed by atoms with Crippen molar-refractivity contribution in [1.29, 1.82) is 0 Å². The molecule has 1 unspecified atom stereocenters. The summed E-state index contributed by atoms with van der Waals surface area (Å²) in [5.74, 6) is 0. The minimum absolute atomic E-state index is 0.186. The topological polar surface area (TPSA) is 54.1 Å². The highest BCUT2D eigenvalue weighted by Crippen LogP contribution is 2.28. The zero-order valence-corrected chi connectivity index (χ0v) is 15.5. The van der Waals surface area contributed by atoms with Gasteiger partial charge in [-0.05, 0) is 36.5 Å². The molecule has 0 amide bonds. The minimum Gasteiger partial charge on any atom is -0.387 e. The van der Waals surface area contributed by atoms with E-state index in [1.807, 2.05) is 30.3 Å². The summed E-state index contributed by atoms with van der Waals surface area (Å²) in [6.45, 7) is 4.72. The number of hydrogen-bond donors (Lipinski definition) is 3. The Balaban J connectivity index is 1.65. The maximum absolute atomic E-state index is 10.5. The summed E-state index contributed by atoms with van der Waals surface area (Å²) >= 11 is 0. The van der Waals surface area contributed by atoms with Crippen LogP contribution < -0.4 is 4.90 Å². The Kier molecular flexibility index (Phi) is 6.80. The smallest absolute Gasteiger partial charge is 0.126 e. The fourth-order valence-electron chi connectivity index (χ4n) is 3.78. The van der Waals surface area contributed by atoms with Gasteiger partial charge in [-0.1, -0.05) is 54.6 Å². The van der Waals surface area contributed by atoms with E-state index >= 15 is 0 Å². The summed E-state index contributed by atoms with van der Waals surface area (Å²) in [6.07, 6.45) is 0.926. The molecule has 0 bridgehead atoms. The van der Waals surface area contributed by atoms with Crippen molar-refractivity contribution >= 4 is 0 Å². The average molecular weight is 356 g/mol. The molecule has 1 heterocycles. The molecule has 0 aromatic heterocycles. The standard InChI is InChI=1S/C22H29NO3/c1-17-8-5-6-12-21(17)22(18-9-3-2-4-10-18)26-16-20(25)15-23-13-7-11-19(24)14-23/h2-6,8-10,12,19-20,22,24-25H,7,11,13-16H2,1H3/p+1/t19-,20+,22+/m0/s1. The third-order valence-corrected chi connectivity index (χ3v) is 5.14. The predicted octanol–water partition coefficient (Wildman–Crippen LogP) is 1.50. The van der Waals surface area contributed by atoms with Crippen LogP contribution in [0.2, 0.25) is 0 Å². The van der Waals surface area contributed by atoms with E-state index in [0.29, 0.717) is 6.54 Å².